The Labute approximate surface area is 172 Å². The molecule has 1 aliphatic heterocycles. The molecule has 0 aliphatic carbocycles. The molecule has 4 aromatic rings. The molecule has 1 fully saturated rings. The lowest BCUT2D eigenvalue weighted by Gasteiger charge is -2.21. The highest BCUT2D eigenvalue weighted by Crippen LogP contribution is 2.29. The first-order chi connectivity index (χ1) is 14.1. The van der Waals surface area contributed by atoms with Gasteiger partial charge in [0.1, 0.15) is 10.6 Å². The summed E-state index contributed by atoms with van der Waals surface area (Å²) in [5, 5.41) is 3.97. The maximum absolute atomic E-state index is 12.7. The summed E-state index contributed by atoms with van der Waals surface area (Å²) in [5.41, 5.74) is 1.72. The summed E-state index contributed by atoms with van der Waals surface area (Å²) < 4.78 is 1.88. The minimum absolute atomic E-state index is 0.122. The normalized spacial score (nSPS) is 16.9. The second-order valence-electron chi connectivity index (χ2n) is 7.62. The van der Waals surface area contributed by atoms with Gasteiger partial charge < -0.3 is 19.5 Å². The molecule has 1 unspecified atom stereocenters. The summed E-state index contributed by atoms with van der Waals surface area (Å²) in [6.07, 6.45) is 6.50. The fourth-order valence-electron chi connectivity index (χ4n) is 3.75. The molecule has 5 rings (SSSR count). The van der Waals surface area contributed by atoms with E-state index in [-0.39, 0.29) is 5.91 Å². The molecule has 0 saturated carbocycles. The van der Waals surface area contributed by atoms with Gasteiger partial charge in [-0.15, -0.1) is 11.3 Å². The fourth-order valence-corrected chi connectivity index (χ4v) is 4.68. The van der Waals surface area contributed by atoms with Crippen LogP contribution >= 0.6 is 11.3 Å². The third-order valence-corrected chi connectivity index (χ3v) is 6.52. The van der Waals surface area contributed by atoms with Gasteiger partial charge in [-0.05, 0) is 50.8 Å². The van der Waals surface area contributed by atoms with Gasteiger partial charge in [0.2, 0.25) is 0 Å². The molecule has 8 heteroatoms. The lowest BCUT2D eigenvalue weighted by molar-refractivity contribution is 0.103. The van der Waals surface area contributed by atoms with Crippen molar-refractivity contribution in [3.63, 3.8) is 0 Å². The molecule has 1 atom stereocenters. The standard InChI is InChI=1S/C21H22N6OS/c1-25(2)17-7-8-26(12-17)19-6-3-14-9-18(29-21(14)24-19)20(28)23-15-4-5-16-10-22-13-27(16)11-15/h3-6,9-11,13,17H,7-8,12H2,1-2H3,(H,23,28). The number of nitrogens with one attached hydrogen (secondary N) is 1. The van der Waals surface area contributed by atoms with E-state index in [1.807, 2.05) is 28.8 Å². The minimum Gasteiger partial charge on any atom is -0.355 e. The van der Waals surface area contributed by atoms with E-state index in [0.29, 0.717) is 10.9 Å². The fraction of sp³-hybridized carbons (Fsp3) is 0.286. The highest BCUT2D eigenvalue weighted by atomic mass is 32.1. The highest BCUT2D eigenvalue weighted by Gasteiger charge is 2.25. The van der Waals surface area contributed by atoms with Crippen molar-refractivity contribution in [2.75, 3.05) is 37.4 Å². The van der Waals surface area contributed by atoms with Gasteiger partial charge in [0.05, 0.1) is 28.6 Å². The molecule has 0 spiro atoms. The number of rotatable bonds is 4. The van der Waals surface area contributed by atoms with E-state index < -0.39 is 0 Å². The van der Waals surface area contributed by atoms with Crippen LogP contribution in [0.5, 0.6) is 0 Å². The smallest absolute Gasteiger partial charge is 0.265 e. The lowest BCUT2D eigenvalue weighted by atomic mass is 10.2. The molecule has 148 valence electrons. The second kappa shape index (κ2) is 7.13. The van der Waals surface area contributed by atoms with Gasteiger partial charge in [0.15, 0.2) is 0 Å². The van der Waals surface area contributed by atoms with Gasteiger partial charge in [0, 0.05) is 30.7 Å². The number of anilines is 2. The average Bonchev–Trinajstić information content (AvgIpc) is 3.45. The van der Waals surface area contributed by atoms with Crippen molar-refractivity contribution >= 4 is 44.5 Å². The van der Waals surface area contributed by atoms with E-state index in [1.165, 1.54) is 11.3 Å². The largest absolute Gasteiger partial charge is 0.355 e. The molecule has 1 saturated heterocycles. The maximum Gasteiger partial charge on any atom is 0.265 e. The van der Waals surface area contributed by atoms with Crippen molar-refractivity contribution in [3.05, 3.63) is 53.9 Å². The first kappa shape index (κ1) is 18.1. The molecule has 0 bridgehead atoms. The van der Waals surface area contributed by atoms with Crippen LogP contribution in [0.2, 0.25) is 0 Å². The zero-order chi connectivity index (χ0) is 20.0. The van der Waals surface area contributed by atoms with Gasteiger partial charge in [-0.3, -0.25) is 4.79 Å². The molecule has 29 heavy (non-hydrogen) atoms. The van der Waals surface area contributed by atoms with Crippen molar-refractivity contribution in [2.24, 2.45) is 0 Å². The first-order valence-electron chi connectivity index (χ1n) is 9.62. The number of imidazole rings is 1. The molecular formula is C21H22N6OS. The van der Waals surface area contributed by atoms with Crippen LogP contribution in [0.25, 0.3) is 15.7 Å². The Kier molecular flexibility index (Phi) is 4.44. The molecule has 1 amide bonds. The Morgan fingerprint density at radius 3 is 3.00 bits per heavy atom. The summed E-state index contributed by atoms with van der Waals surface area (Å²) in [6, 6.07) is 10.4. The Balaban J connectivity index is 1.36. The number of aromatic nitrogens is 3. The van der Waals surface area contributed by atoms with Gasteiger partial charge in [-0.1, -0.05) is 0 Å². The summed E-state index contributed by atoms with van der Waals surface area (Å²) in [6.45, 7) is 2.00. The number of likely N-dealkylation sites (N-methyl/N-ethyl adjacent to an activating group) is 1. The van der Waals surface area contributed by atoms with E-state index in [2.05, 4.69) is 46.3 Å². The molecule has 1 aliphatic rings. The van der Waals surface area contributed by atoms with Gasteiger partial charge in [-0.2, -0.15) is 0 Å². The molecule has 0 radical (unpaired) electrons. The van der Waals surface area contributed by atoms with Gasteiger partial charge in [0.25, 0.3) is 5.91 Å². The van der Waals surface area contributed by atoms with Crippen LogP contribution in [-0.4, -0.2) is 58.4 Å². The summed E-state index contributed by atoms with van der Waals surface area (Å²) in [4.78, 5) is 27.8. The molecule has 4 aromatic heterocycles. The van der Waals surface area contributed by atoms with E-state index >= 15 is 0 Å². The number of amides is 1. The van der Waals surface area contributed by atoms with Crippen molar-refractivity contribution in [1.29, 1.82) is 0 Å². The van der Waals surface area contributed by atoms with Crippen LogP contribution in [-0.2, 0) is 0 Å². The van der Waals surface area contributed by atoms with Crippen LogP contribution in [0, 0.1) is 0 Å². The van der Waals surface area contributed by atoms with Crippen molar-refractivity contribution in [1.82, 2.24) is 19.3 Å². The molecular weight excluding hydrogens is 384 g/mol. The zero-order valence-corrected chi connectivity index (χ0v) is 17.2. The number of thiophene rings is 1. The average molecular weight is 407 g/mol. The Morgan fingerprint density at radius 1 is 1.28 bits per heavy atom. The Morgan fingerprint density at radius 2 is 2.17 bits per heavy atom. The van der Waals surface area contributed by atoms with Crippen LogP contribution in [0.15, 0.2) is 49.1 Å². The zero-order valence-electron chi connectivity index (χ0n) is 16.4. The van der Waals surface area contributed by atoms with Gasteiger partial charge in [-0.25, -0.2) is 9.97 Å². The van der Waals surface area contributed by atoms with Crippen LogP contribution in [0.1, 0.15) is 16.1 Å². The van der Waals surface area contributed by atoms with E-state index in [9.17, 15) is 4.79 Å². The molecule has 1 N–H and O–H groups in total. The maximum atomic E-state index is 12.7. The van der Waals surface area contributed by atoms with E-state index in [1.54, 1.807) is 12.5 Å². The molecule has 5 heterocycles. The van der Waals surface area contributed by atoms with E-state index in [0.717, 1.165) is 46.7 Å². The van der Waals surface area contributed by atoms with Crippen molar-refractivity contribution in [3.8, 4) is 0 Å². The predicted octanol–water partition coefficient (Wildman–Crippen LogP) is 3.34. The predicted molar refractivity (Wildman–Crippen MR) is 117 cm³/mol. The number of carbonyl (C=O) groups excluding carboxylic acids is 1. The third kappa shape index (κ3) is 3.45. The van der Waals surface area contributed by atoms with E-state index in [4.69, 9.17) is 4.98 Å². The number of pyridine rings is 2. The summed E-state index contributed by atoms with van der Waals surface area (Å²) >= 11 is 1.43. The molecule has 7 nitrogen and oxygen atoms in total. The van der Waals surface area contributed by atoms with Crippen LogP contribution in [0.4, 0.5) is 11.5 Å². The van der Waals surface area contributed by atoms with Gasteiger partial charge >= 0.3 is 0 Å². The SMILES string of the molecule is CN(C)C1CCN(c2ccc3cc(C(=O)Nc4ccc5cncn5c4)sc3n2)C1. The second-order valence-corrected chi connectivity index (χ2v) is 8.65. The lowest BCUT2D eigenvalue weighted by Crippen LogP contribution is -2.31. The summed E-state index contributed by atoms with van der Waals surface area (Å²) in [7, 11) is 4.25. The minimum atomic E-state index is -0.122. The van der Waals surface area contributed by atoms with Crippen molar-refractivity contribution in [2.45, 2.75) is 12.5 Å². The number of nitrogens with zero attached hydrogens (tertiary/aromatic N) is 5. The monoisotopic (exact) mass is 406 g/mol. The first-order valence-corrected chi connectivity index (χ1v) is 10.4. The number of carbonyl (C=O) groups is 1. The molecule has 0 aromatic carbocycles. The van der Waals surface area contributed by atoms with Crippen molar-refractivity contribution < 1.29 is 4.79 Å². The Bertz CT molecular complexity index is 1200. The van der Waals surface area contributed by atoms with Crippen LogP contribution < -0.4 is 10.2 Å². The number of hydrogen-bond acceptors (Lipinski definition) is 6. The highest BCUT2D eigenvalue weighted by molar-refractivity contribution is 7.20. The number of fused-ring (bicyclic) bond motifs is 2. The quantitative estimate of drug-likeness (QED) is 0.563. The third-order valence-electron chi connectivity index (χ3n) is 5.48. The Hall–Kier alpha value is -2.97. The number of hydrogen-bond donors (Lipinski definition) is 1. The topological polar surface area (TPSA) is 65.8 Å². The summed E-state index contributed by atoms with van der Waals surface area (Å²) in [5.74, 6) is 0.865. The van der Waals surface area contributed by atoms with Crippen LogP contribution in [0.3, 0.4) is 0 Å².